The number of aliphatic imine (C=N–C) groups is 1. The van der Waals surface area contributed by atoms with Gasteiger partial charge in [0.15, 0.2) is 17.1 Å². The van der Waals surface area contributed by atoms with Crippen LogP contribution in [-0.2, 0) is 47.6 Å². The van der Waals surface area contributed by atoms with Crippen LogP contribution in [0.15, 0.2) is 33.9 Å². The third kappa shape index (κ3) is 6.59. The average molecular weight is 508 g/mol. The van der Waals surface area contributed by atoms with E-state index < -0.39 is 73.3 Å². The van der Waals surface area contributed by atoms with Gasteiger partial charge >= 0.3 is 29.9 Å². The number of carbonyl (C=O) groups is 4. The zero-order valence-electron chi connectivity index (χ0n) is 20.2. The van der Waals surface area contributed by atoms with Gasteiger partial charge in [-0.1, -0.05) is 6.08 Å². The Morgan fingerprint density at radius 1 is 0.917 bits per heavy atom. The van der Waals surface area contributed by atoms with Crippen LogP contribution in [0, 0.1) is 4.91 Å². The summed E-state index contributed by atoms with van der Waals surface area (Å²) in [6.07, 6.45) is -1.98. The Labute approximate surface area is 205 Å². The number of hydrazone groups is 1. The minimum absolute atomic E-state index is 0.339. The van der Waals surface area contributed by atoms with Crippen molar-refractivity contribution in [2.75, 3.05) is 6.61 Å². The van der Waals surface area contributed by atoms with Gasteiger partial charge in [0.05, 0.1) is 4.91 Å². The summed E-state index contributed by atoms with van der Waals surface area (Å²) in [5.74, 6) is -3.02. The SMILES string of the molecule is CC(=O)OCC1OC(OC2=N[N+](=O)C3C=C(C)C=CC3=N2)C(OC(C)=O)C(OC(C)=O)C1OC(C)=O. The highest BCUT2D eigenvalue weighted by Gasteiger charge is 2.54. The average Bonchev–Trinajstić information content (AvgIpc) is 2.76. The molecule has 0 radical (unpaired) electrons. The number of hydrogen-bond donors (Lipinski definition) is 0. The Bertz CT molecular complexity index is 1080. The fourth-order valence-electron chi connectivity index (χ4n) is 3.70. The number of amidine groups is 1. The van der Waals surface area contributed by atoms with E-state index in [1.807, 2.05) is 6.92 Å². The number of carbonyl (C=O) groups excluding carboxylic acids is 4. The Morgan fingerprint density at radius 2 is 1.53 bits per heavy atom. The van der Waals surface area contributed by atoms with Gasteiger partial charge in [-0.25, -0.2) is 0 Å². The van der Waals surface area contributed by atoms with E-state index in [4.69, 9.17) is 28.4 Å². The molecular formula is C22H26N3O11+. The summed E-state index contributed by atoms with van der Waals surface area (Å²) in [7, 11) is 0. The predicted octanol–water partition coefficient (Wildman–Crippen LogP) is 0.475. The Kier molecular flexibility index (Phi) is 8.29. The topological polar surface area (TPSA) is 168 Å². The number of rotatable bonds is 6. The van der Waals surface area contributed by atoms with Crippen molar-refractivity contribution in [3.8, 4) is 0 Å². The number of esters is 4. The van der Waals surface area contributed by atoms with E-state index in [9.17, 15) is 24.1 Å². The lowest BCUT2D eigenvalue weighted by molar-refractivity contribution is -0.566. The maximum atomic E-state index is 12.5. The van der Waals surface area contributed by atoms with Gasteiger partial charge in [-0.2, -0.15) is 4.99 Å². The van der Waals surface area contributed by atoms with E-state index in [0.29, 0.717) is 10.6 Å². The molecule has 0 spiro atoms. The van der Waals surface area contributed by atoms with E-state index >= 15 is 0 Å². The van der Waals surface area contributed by atoms with Crippen molar-refractivity contribution in [2.24, 2.45) is 10.1 Å². The Hall–Kier alpha value is -3.94. The highest BCUT2D eigenvalue weighted by molar-refractivity contribution is 6.07. The van der Waals surface area contributed by atoms with E-state index in [2.05, 4.69) is 10.1 Å². The van der Waals surface area contributed by atoms with Gasteiger partial charge in [0, 0.05) is 33.8 Å². The summed E-state index contributed by atoms with van der Waals surface area (Å²) in [6.45, 7) is 5.84. The summed E-state index contributed by atoms with van der Waals surface area (Å²) < 4.78 is 32.4. The summed E-state index contributed by atoms with van der Waals surface area (Å²) >= 11 is 0. The summed E-state index contributed by atoms with van der Waals surface area (Å²) in [5, 5.41) is 3.77. The van der Waals surface area contributed by atoms with Crippen LogP contribution in [0.2, 0.25) is 0 Å². The van der Waals surface area contributed by atoms with E-state index in [-0.39, 0.29) is 0 Å². The number of ether oxygens (including phenoxy) is 6. The van der Waals surface area contributed by atoms with E-state index in [1.165, 1.54) is 0 Å². The molecule has 2 heterocycles. The normalized spacial score (nSPS) is 29.0. The van der Waals surface area contributed by atoms with Gasteiger partial charge in [0.1, 0.15) is 23.5 Å². The number of nitroso groups, excluding NO2 is 1. The van der Waals surface area contributed by atoms with Crippen LogP contribution in [0.1, 0.15) is 34.6 Å². The molecule has 0 bridgehead atoms. The lowest BCUT2D eigenvalue weighted by atomic mass is 9.98. The summed E-state index contributed by atoms with van der Waals surface area (Å²) in [5.41, 5.74) is 1.19. The molecule has 6 atom stereocenters. The first-order chi connectivity index (χ1) is 16.9. The molecular weight excluding hydrogens is 482 g/mol. The molecule has 1 saturated heterocycles. The molecule has 6 unspecified atom stereocenters. The third-order valence-corrected chi connectivity index (χ3v) is 5.06. The standard InChI is InChI=1S/C22H26N3O11/c1-10-6-7-15-16(8-10)25(30)24-22(23-15)36-21-20(34-14(5)29)19(33-13(4)28)18(32-12(3)27)17(35-21)9-31-11(2)26/h6-8,16-21H,9H2,1-5H3/q+1. The van der Waals surface area contributed by atoms with Crippen LogP contribution < -0.4 is 0 Å². The van der Waals surface area contributed by atoms with Gasteiger partial charge in [0.2, 0.25) is 12.4 Å². The van der Waals surface area contributed by atoms with Crippen molar-refractivity contribution < 1.29 is 52.5 Å². The molecule has 0 aromatic heterocycles. The van der Waals surface area contributed by atoms with Crippen molar-refractivity contribution in [2.45, 2.75) is 71.4 Å². The van der Waals surface area contributed by atoms with E-state index in [0.717, 1.165) is 33.3 Å². The molecule has 194 valence electrons. The lowest BCUT2D eigenvalue weighted by Crippen LogP contribution is -2.63. The second kappa shape index (κ2) is 11.2. The molecule has 14 nitrogen and oxygen atoms in total. The maximum Gasteiger partial charge on any atom is 0.386 e. The molecule has 0 amide bonds. The maximum absolute atomic E-state index is 12.5. The third-order valence-electron chi connectivity index (χ3n) is 5.06. The zero-order valence-corrected chi connectivity index (χ0v) is 20.2. The number of nitrogens with zero attached hydrogens (tertiary/aromatic N) is 3. The van der Waals surface area contributed by atoms with Gasteiger partial charge < -0.3 is 28.4 Å². The monoisotopic (exact) mass is 508 g/mol. The number of fused-ring (bicyclic) bond motifs is 1. The molecule has 3 aliphatic rings. The fraction of sp³-hybridized carbons (Fsp3) is 0.545. The van der Waals surface area contributed by atoms with E-state index in [1.54, 1.807) is 18.2 Å². The molecule has 14 heteroatoms. The first-order valence-electron chi connectivity index (χ1n) is 10.9. The van der Waals surface area contributed by atoms with Crippen molar-refractivity contribution >= 4 is 35.6 Å². The van der Waals surface area contributed by atoms with Gasteiger partial charge in [0.25, 0.3) is 6.04 Å². The minimum Gasteiger partial charge on any atom is -0.463 e. The largest absolute Gasteiger partial charge is 0.463 e. The minimum atomic E-state index is -1.55. The molecule has 3 rings (SSSR count). The molecule has 0 aromatic carbocycles. The van der Waals surface area contributed by atoms with Crippen molar-refractivity contribution in [1.29, 1.82) is 0 Å². The van der Waals surface area contributed by atoms with Crippen LogP contribution >= 0.6 is 0 Å². The van der Waals surface area contributed by atoms with Crippen molar-refractivity contribution in [1.82, 2.24) is 0 Å². The zero-order chi connectivity index (χ0) is 26.6. The first-order valence-corrected chi connectivity index (χ1v) is 10.9. The lowest BCUT2D eigenvalue weighted by Gasteiger charge is -2.43. The van der Waals surface area contributed by atoms with Crippen LogP contribution in [0.5, 0.6) is 0 Å². The number of allylic oxidation sites excluding steroid dienone is 2. The highest BCUT2D eigenvalue weighted by Crippen LogP contribution is 2.30. The molecule has 1 aliphatic carbocycles. The van der Waals surface area contributed by atoms with Crippen LogP contribution in [0.25, 0.3) is 0 Å². The second-order valence-electron chi connectivity index (χ2n) is 8.10. The number of hydrogen-bond acceptors (Lipinski definition) is 12. The highest BCUT2D eigenvalue weighted by atomic mass is 16.7. The van der Waals surface area contributed by atoms with Gasteiger partial charge in [-0.3, -0.25) is 19.2 Å². The van der Waals surface area contributed by atoms with Gasteiger partial charge in [-0.05, 0) is 18.6 Å². The molecule has 36 heavy (non-hydrogen) atoms. The Balaban J connectivity index is 1.96. The molecule has 0 saturated carbocycles. The molecule has 0 N–H and O–H groups in total. The van der Waals surface area contributed by atoms with Crippen molar-refractivity contribution in [3.63, 3.8) is 0 Å². The second-order valence-corrected chi connectivity index (χ2v) is 8.10. The molecule has 1 fully saturated rings. The molecule has 0 aromatic rings. The smallest absolute Gasteiger partial charge is 0.386 e. The summed E-state index contributed by atoms with van der Waals surface area (Å²) in [4.78, 5) is 64.1. The molecule has 2 aliphatic heterocycles. The first kappa shape index (κ1) is 26.7. The Morgan fingerprint density at radius 3 is 2.14 bits per heavy atom. The van der Waals surface area contributed by atoms with Crippen LogP contribution in [0.4, 0.5) is 0 Å². The quantitative estimate of drug-likeness (QED) is 0.278. The summed E-state index contributed by atoms with van der Waals surface area (Å²) in [6, 6.07) is -1.17. The van der Waals surface area contributed by atoms with Crippen LogP contribution in [0.3, 0.4) is 0 Å². The predicted molar refractivity (Wildman–Crippen MR) is 118 cm³/mol. The fourth-order valence-corrected chi connectivity index (χ4v) is 3.70. The van der Waals surface area contributed by atoms with Crippen LogP contribution in [-0.4, -0.2) is 83.8 Å². The van der Waals surface area contributed by atoms with Crippen molar-refractivity contribution in [3.05, 3.63) is 28.7 Å². The van der Waals surface area contributed by atoms with Gasteiger partial charge in [-0.15, -0.1) is 0 Å².